The van der Waals surface area contributed by atoms with Crippen LogP contribution >= 0.6 is 8.03 Å². The van der Waals surface area contributed by atoms with Crippen LogP contribution in [0.25, 0.3) is 0 Å². The number of nitrogens with one attached hydrogen (secondary N) is 1. The summed E-state index contributed by atoms with van der Waals surface area (Å²) in [6.45, 7) is 8.96. The number of hydrogen-bond acceptors (Lipinski definition) is 4. The van der Waals surface area contributed by atoms with E-state index in [4.69, 9.17) is 9.26 Å². The van der Waals surface area contributed by atoms with E-state index in [2.05, 4.69) is 33.0 Å². The van der Waals surface area contributed by atoms with Crippen LogP contribution in [0.1, 0.15) is 53.4 Å². The fourth-order valence-corrected chi connectivity index (χ4v) is 6.70. The number of fused-ring (bicyclic) bond motifs is 1. The van der Waals surface area contributed by atoms with Gasteiger partial charge in [0.05, 0.1) is 5.60 Å². The van der Waals surface area contributed by atoms with Gasteiger partial charge < -0.3 is 10.1 Å². The van der Waals surface area contributed by atoms with Crippen LogP contribution in [-0.2, 0) is 13.8 Å². The topological polar surface area (TPSA) is 47.6 Å². The van der Waals surface area contributed by atoms with Gasteiger partial charge in [0.1, 0.15) is 12.2 Å². The monoisotopic (exact) mass is 376 g/mol. The summed E-state index contributed by atoms with van der Waals surface area (Å²) >= 11 is 0. The van der Waals surface area contributed by atoms with Gasteiger partial charge in [-0.2, -0.15) is 0 Å². The molecule has 1 N–H and O–H groups in total. The molecule has 1 saturated carbocycles. The Morgan fingerprint density at radius 1 is 1.08 bits per heavy atom. The summed E-state index contributed by atoms with van der Waals surface area (Å²) in [6, 6.07) is 9.96. The predicted octanol–water partition coefficient (Wildman–Crippen LogP) is 5.58. The zero-order valence-corrected chi connectivity index (χ0v) is 17.2. The molecule has 3 aliphatic rings. The van der Waals surface area contributed by atoms with Crippen LogP contribution in [0.2, 0.25) is 0 Å². The van der Waals surface area contributed by atoms with Crippen molar-refractivity contribution in [2.45, 2.75) is 77.0 Å². The summed E-state index contributed by atoms with van der Waals surface area (Å²) in [5.41, 5.74) is 1.14. The molecule has 0 bridgehead atoms. The lowest BCUT2D eigenvalue weighted by Gasteiger charge is -2.34. The molecule has 4 rings (SSSR count). The van der Waals surface area contributed by atoms with Crippen LogP contribution in [0, 0.1) is 17.3 Å². The average Bonchev–Trinajstić information content (AvgIpc) is 3.09. The Hall–Kier alpha value is -0.960. The van der Waals surface area contributed by atoms with Crippen molar-refractivity contribution in [3.8, 4) is 0 Å². The van der Waals surface area contributed by atoms with Crippen molar-refractivity contribution in [1.82, 2.24) is 0 Å². The average molecular weight is 376 g/mol. The molecule has 0 amide bonds. The van der Waals surface area contributed by atoms with Crippen molar-refractivity contribution in [2.24, 2.45) is 17.3 Å². The molecular weight excluding hydrogens is 345 g/mol. The Balaban J connectivity index is 1.58. The summed E-state index contributed by atoms with van der Waals surface area (Å²) in [5, 5.41) is 3.43. The highest BCUT2D eigenvalue weighted by molar-refractivity contribution is 7.40. The largest absolute Gasteiger partial charge is 0.536 e. The van der Waals surface area contributed by atoms with E-state index in [0.29, 0.717) is 17.3 Å². The zero-order valence-electron chi connectivity index (χ0n) is 16.3. The van der Waals surface area contributed by atoms with E-state index in [-0.39, 0.29) is 23.6 Å². The Bertz CT molecular complexity index is 675. The standard InChI is InChI=1S/C21H31NO3P/c1-20(2)11-10-14(12-20)17-16-13-21(3,4)24-18(16)19(26(23)25-17)22-15-8-6-5-7-9-15/h5-9,14,16-19,22H,10-13H2,1-4H3/q+1. The smallest absolute Gasteiger partial charge is 0.365 e. The maximum Gasteiger partial charge on any atom is 0.536 e. The second-order valence-corrected chi connectivity index (χ2v) is 11.0. The van der Waals surface area contributed by atoms with Gasteiger partial charge in [-0.15, -0.1) is 4.52 Å². The maximum absolute atomic E-state index is 13.1. The third kappa shape index (κ3) is 3.56. The highest BCUT2D eigenvalue weighted by atomic mass is 31.1. The minimum Gasteiger partial charge on any atom is -0.365 e. The molecule has 3 fully saturated rings. The van der Waals surface area contributed by atoms with E-state index in [9.17, 15) is 4.57 Å². The summed E-state index contributed by atoms with van der Waals surface area (Å²) < 4.78 is 25.7. The molecule has 0 aromatic heterocycles. The van der Waals surface area contributed by atoms with Gasteiger partial charge >= 0.3 is 8.03 Å². The fraction of sp³-hybridized carbons (Fsp3) is 0.714. The molecule has 142 valence electrons. The van der Waals surface area contributed by atoms with Crippen LogP contribution in [0.15, 0.2) is 30.3 Å². The predicted molar refractivity (Wildman–Crippen MR) is 105 cm³/mol. The molecule has 1 aromatic rings. The second-order valence-electron chi connectivity index (χ2n) is 9.69. The first-order valence-corrected chi connectivity index (χ1v) is 11.1. The second kappa shape index (κ2) is 6.58. The fourth-order valence-electron chi connectivity index (χ4n) is 5.22. The SMILES string of the molecule is CC1(C)CCC(C2O[P+](=O)C(Nc3ccccc3)C3OC(C)(C)CC23)C1. The van der Waals surface area contributed by atoms with Gasteiger partial charge in [0.25, 0.3) is 5.78 Å². The quantitative estimate of drug-likeness (QED) is 0.700. The van der Waals surface area contributed by atoms with Crippen molar-refractivity contribution in [3.63, 3.8) is 0 Å². The van der Waals surface area contributed by atoms with Crippen molar-refractivity contribution < 1.29 is 13.8 Å². The summed E-state index contributed by atoms with van der Waals surface area (Å²) in [6.07, 6.45) is 4.51. The van der Waals surface area contributed by atoms with E-state index in [1.807, 2.05) is 30.3 Å². The molecule has 26 heavy (non-hydrogen) atoms. The molecule has 2 saturated heterocycles. The molecule has 1 aliphatic carbocycles. The first-order valence-electron chi connectivity index (χ1n) is 9.87. The van der Waals surface area contributed by atoms with Crippen LogP contribution < -0.4 is 5.32 Å². The van der Waals surface area contributed by atoms with E-state index in [1.54, 1.807) is 0 Å². The minimum absolute atomic E-state index is 0.0565. The summed E-state index contributed by atoms with van der Waals surface area (Å²) in [5.74, 6) is 0.509. The van der Waals surface area contributed by atoms with Crippen molar-refractivity contribution >= 4 is 13.7 Å². The van der Waals surface area contributed by atoms with E-state index in [0.717, 1.165) is 18.5 Å². The van der Waals surface area contributed by atoms with Gasteiger partial charge in [-0.1, -0.05) is 32.0 Å². The molecule has 1 aromatic carbocycles. The van der Waals surface area contributed by atoms with Gasteiger partial charge in [0.15, 0.2) is 0 Å². The van der Waals surface area contributed by atoms with Crippen LogP contribution in [0.5, 0.6) is 0 Å². The molecule has 5 heteroatoms. The zero-order chi connectivity index (χ0) is 18.5. The maximum atomic E-state index is 13.1. The van der Waals surface area contributed by atoms with Crippen molar-refractivity contribution in [2.75, 3.05) is 5.32 Å². The molecule has 0 spiro atoms. The number of anilines is 1. The highest BCUT2D eigenvalue weighted by Crippen LogP contribution is 2.56. The van der Waals surface area contributed by atoms with Gasteiger partial charge in [-0.3, -0.25) is 0 Å². The Labute approximate surface area is 157 Å². The Morgan fingerprint density at radius 2 is 1.81 bits per heavy atom. The van der Waals surface area contributed by atoms with Crippen molar-refractivity contribution in [3.05, 3.63) is 30.3 Å². The van der Waals surface area contributed by atoms with E-state index in [1.165, 1.54) is 12.8 Å². The van der Waals surface area contributed by atoms with Gasteiger partial charge in [0, 0.05) is 11.6 Å². The first-order chi connectivity index (χ1) is 12.2. The lowest BCUT2D eigenvalue weighted by atomic mass is 9.80. The van der Waals surface area contributed by atoms with Crippen molar-refractivity contribution in [1.29, 1.82) is 0 Å². The normalized spacial score (nSPS) is 39.5. The lowest BCUT2D eigenvalue weighted by Crippen LogP contribution is -2.47. The number of benzene rings is 1. The molecule has 6 unspecified atom stereocenters. The van der Waals surface area contributed by atoms with E-state index >= 15 is 0 Å². The molecular formula is C21H31NO3P+. The van der Waals surface area contributed by atoms with E-state index < -0.39 is 8.03 Å². The number of ether oxygens (including phenoxy) is 1. The summed E-state index contributed by atoms with van der Waals surface area (Å²) in [7, 11) is -1.82. The highest BCUT2D eigenvalue weighted by Gasteiger charge is 2.62. The molecule has 2 aliphatic heterocycles. The molecule has 2 heterocycles. The first kappa shape index (κ1) is 18.4. The Kier molecular flexibility index (Phi) is 4.66. The summed E-state index contributed by atoms with van der Waals surface area (Å²) in [4.78, 5) is 0. The molecule has 0 radical (unpaired) electrons. The van der Waals surface area contributed by atoms with Crippen LogP contribution in [0.3, 0.4) is 0 Å². The van der Waals surface area contributed by atoms with Gasteiger partial charge in [0.2, 0.25) is 0 Å². The van der Waals surface area contributed by atoms with Gasteiger partial charge in [-0.05, 0) is 67.6 Å². The third-order valence-corrected chi connectivity index (χ3v) is 7.68. The van der Waals surface area contributed by atoms with Crippen LogP contribution in [0.4, 0.5) is 5.69 Å². The molecule has 4 nitrogen and oxygen atoms in total. The van der Waals surface area contributed by atoms with Crippen LogP contribution in [-0.4, -0.2) is 23.6 Å². The Morgan fingerprint density at radius 3 is 2.46 bits per heavy atom. The molecule has 6 atom stereocenters. The lowest BCUT2D eigenvalue weighted by molar-refractivity contribution is -0.0453. The van der Waals surface area contributed by atoms with Gasteiger partial charge in [-0.25, -0.2) is 0 Å². The number of hydrogen-bond donors (Lipinski definition) is 1. The number of rotatable bonds is 3. The third-order valence-electron chi connectivity index (χ3n) is 6.35. The minimum atomic E-state index is -1.82. The number of para-hydroxylation sites is 1.